The lowest BCUT2D eigenvalue weighted by Gasteiger charge is -2.32. The number of alkyl carbamates (subject to hydrolysis) is 1. The van der Waals surface area contributed by atoms with Crippen molar-refractivity contribution < 1.29 is 23.9 Å². The second kappa shape index (κ2) is 9.16. The van der Waals surface area contributed by atoms with Gasteiger partial charge in [0.1, 0.15) is 12.4 Å². The van der Waals surface area contributed by atoms with E-state index in [0.29, 0.717) is 0 Å². The number of aryl methyl sites for hydroxylation is 1. The Morgan fingerprint density at radius 1 is 1.10 bits per heavy atom. The van der Waals surface area contributed by atoms with E-state index in [1.807, 2.05) is 77.1 Å². The van der Waals surface area contributed by atoms with Crippen molar-refractivity contribution in [2.45, 2.75) is 52.4 Å². The molecule has 0 radical (unpaired) electrons. The van der Waals surface area contributed by atoms with Gasteiger partial charge in [0.15, 0.2) is 0 Å². The van der Waals surface area contributed by atoms with Crippen molar-refractivity contribution in [3.8, 4) is 5.75 Å². The standard InChI is InChI=1S/C24H30BNO5/c1-17-13-19(11-12-21(17)27)14-20(25-30-23(2,3)24(4,5)31-25)15-26-22(28)29-16-18-9-7-6-8-10-18/h6-14,27H,15-16H2,1-5H3,(H,26,28). The molecule has 164 valence electrons. The van der Waals surface area contributed by atoms with Gasteiger partial charge in [-0.1, -0.05) is 42.5 Å². The highest BCUT2D eigenvalue weighted by molar-refractivity contribution is 6.56. The van der Waals surface area contributed by atoms with E-state index in [1.54, 1.807) is 12.1 Å². The summed E-state index contributed by atoms with van der Waals surface area (Å²) >= 11 is 0. The van der Waals surface area contributed by atoms with Gasteiger partial charge in [0.05, 0.1) is 11.2 Å². The molecule has 7 heteroatoms. The lowest BCUT2D eigenvalue weighted by molar-refractivity contribution is 0.00578. The second-order valence-electron chi connectivity index (χ2n) is 8.77. The number of hydrogen-bond acceptors (Lipinski definition) is 5. The molecular formula is C24H30BNO5. The van der Waals surface area contributed by atoms with E-state index in [0.717, 1.165) is 22.2 Å². The fraction of sp³-hybridized carbons (Fsp3) is 0.375. The number of carbonyl (C=O) groups is 1. The topological polar surface area (TPSA) is 77.0 Å². The molecule has 1 saturated heterocycles. The number of amides is 1. The van der Waals surface area contributed by atoms with Crippen LogP contribution in [0.15, 0.2) is 54.0 Å². The van der Waals surface area contributed by atoms with Gasteiger partial charge in [0.25, 0.3) is 0 Å². The maximum atomic E-state index is 12.3. The highest BCUT2D eigenvalue weighted by Gasteiger charge is 2.52. The Morgan fingerprint density at radius 3 is 2.35 bits per heavy atom. The van der Waals surface area contributed by atoms with Gasteiger partial charge in [-0.15, -0.1) is 0 Å². The first kappa shape index (κ1) is 22.9. The lowest BCUT2D eigenvalue weighted by atomic mass is 9.77. The van der Waals surface area contributed by atoms with Crippen LogP contribution in [0.5, 0.6) is 5.75 Å². The summed E-state index contributed by atoms with van der Waals surface area (Å²) in [5.41, 5.74) is 2.29. The van der Waals surface area contributed by atoms with E-state index in [2.05, 4.69) is 5.32 Å². The summed E-state index contributed by atoms with van der Waals surface area (Å²) in [6.07, 6.45) is 1.39. The molecule has 3 rings (SSSR count). The number of rotatable bonds is 6. The molecule has 2 N–H and O–H groups in total. The SMILES string of the molecule is Cc1cc(C=C(CNC(=O)OCc2ccccc2)B2OC(C)(C)C(C)(C)O2)ccc1O. The number of phenolic OH excluding ortho intramolecular Hbond substituents is 1. The quantitative estimate of drug-likeness (QED) is 0.662. The van der Waals surface area contributed by atoms with Crippen LogP contribution in [0.4, 0.5) is 4.79 Å². The fourth-order valence-electron chi connectivity index (χ4n) is 3.13. The monoisotopic (exact) mass is 423 g/mol. The smallest absolute Gasteiger partial charge is 0.492 e. The van der Waals surface area contributed by atoms with E-state index in [1.165, 1.54) is 0 Å². The van der Waals surface area contributed by atoms with Crippen molar-refractivity contribution in [1.29, 1.82) is 0 Å². The molecule has 1 heterocycles. The van der Waals surface area contributed by atoms with Crippen molar-refractivity contribution in [1.82, 2.24) is 5.32 Å². The summed E-state index contributed by atoms with van der Waals surface area (Å²) in [7, 11) is -0.617. The lowest BCUT2D eigenvalue weighted by Crippen LogP contribution is -2.41. The molecule has 1 aliphatic rings. The fourth-order valence-corrected chi connectivity index (χ4v) is 3.13. The Bertz CT molecular complexity index is 940. The molecule has 0 unspecified atom stereocenters. The van der Waals surface area contributed by atoms with Gasteiger partial charge in [-0.05, 0) is 68.9 Å². The van der Waals surface area contributed by atoms with Crippen molar-refractivity contribution in [2.24, 2.45) is 0 Å². The predicted molar refractivity (Wildman–Crippen MR) is 122 cm³/mol. The van der Waals surface area contributed by atoms with Crippen molar-refractivity contribution in [3.05, 3.63) is 70.7 Å². The average Bonchev–Trinajstić information content (AvgIpc) is 2.94. The van der Waals surface area contributed by atoms with Gasteiger partial charge < -0.3 is 24.5 Å². The Hall–Kier alpha value is -2.77. The summed E-state index contributed by atoms with van der Waals surface area (Å²) < 4.78 is 17.7. The Balaban J connectivity index is 1.73. The highest BCUT2D eigenvalue weighted by Crippen LogP contribution is 2.38. The van der Waals surface area contributed by atoms with E-state index in [-0.39, 0.29) is 18.9 Å². The molecule has 2 aromatic rings. The van der Waals surface area contributed by atoms with Crippen molar-refractivity contribution >= 4 is 19.3 Å². The molecule has 1 aliphatic heterocycles. The van der Waals surface area contributed by atoms with Gasteiger partial charge in [0, 0.05) is 6.54 Å². The van der Waals surface area contributed by atoms with Crippen molar-refractivity contribution in [2.75, 3.05) is 6.54 Å². The van der Waals surface area contributed by atoms with Crippen LogP contribution >= 0.6 is 0 Å². The molecule has 6 nitrogen and oxygen atoms in total. The zero-order valence-electron chi connectivity index (χ0n) is 18.8. The van der Waals surface area contributed by atoms with Crippen LogP contribution < -0.4 is 5.32 Å². The van der Waals surface area contributed by atoms with E-state index in [4.69, 9.17) is 14.0 Å². The van der Waals surface area contributed by atoms with Crippen molar-refractivity contribution in [3.63, 3.8) is 0 Å². The summed E-state index contributed by atoms with van der Waals surface area (Å²) in [4.78, 5) is 12.3. The van der Waals surface area contributed by atoms with Crippen LogP contribution in [0, 0.1) is 6.92 Å². The maximum absolute atomic E-state index is 12.3. The first-order valence-electron chi connectivity index (χ1n) is 10.4. The third kappa shape index (κ3) is 5.68. The molecule has 0 atom stereocenters. The molecule has 0 spiro atoms. The molecular weight excluding hydrogens is 393 g/mol. The summed E-state index contributed by atoms with van der Waals surface area (Å²) in [5.74, 6) is 0.233. The van der Waals surface area contributed by atoms with Crippen LogP contribution in [0.1, 0.15) is 44.4 Å². The average molecular weight is 423 g/mol. The third-order valence-corrected chi connectivity index (χ3v) is 5.78. The van der Waals surface area contributed by atoms with Gasteiger partial charge >= 0.3 is 13.2 Å². The largest absolute Gasteiger partial charge is 0.508 e. The summed E-state index contributed by atoms with van der Waals surface area (Å²) in [5, 5.41) is 12.6. The summed E-state index contributed by atoms with van der Waals surface area (Å²) in [6, 6.07) is 14.8. The molecule has 0 bridgehead atoms. The molecule has 0 aliphatic carbocycles. The molecule has 1 amide bonds. The predicted octanol–water partition coefficient (Wildman–Crippen LogP) is 4.64. The molecule has 31 heavy (non-hydrogen) atoms. The van der Waals surface area contributed by atoms with E-state index >= 15 is 0 Å². The number of carbonyl (C=O) groups excluding carboxylic acids is 1. The zero-order chi connectivity index (χ0) is 22.6. The van der Waals surface area contributed by atoms with Gasteiger partial charge in [-0.3, -0.25) is 0 Å². The van der Waals surface area contributed by atoms with Gasteiger partial charge in [-0.25, -0.2) is 4.79 Å². The molecule has 0 aromatic heterocycles. The van der Waals surface area contributed by atoms with Crippen LogP contribution in [-0.4, -0.2) is 36.1 Å². The first-order valence-corrected chi connectivity index (χ1v) is 10.4. The number of phenols is 1. The number of aromatic hydroxyl groups is 1. The third-order valence-electron chi connectivity index (χ3n) is 5.78. The maximum Gasteiger partial charge on any atom is 0.492 e. The molecule has 1 fully saturated rings. The number of benzene rings is 2. The van der Waals surface area contributed by atoms with Crippen LogP contribution in [-0.2, 0) is 20.7 Å². The number of nitrogens with one attached hydrogen (secondary N) is 1. The van der Waals surface area contributed by atoms with Crippen LogP contribution in [0.25, 0.3) is 6.08 Å². The van der Waals surface area contributed by atoms with E-state index < -0.39 is 24.4 Å². The Labute approximate surface area is 184 Å². The van der Waals surface area contributed by atoms with E-state index in [9.17, 15) is 9.90 Å². The first-order chi connectivity index (χ1) is 14.6. The number of ether oxygens (including phenoxy) is 1. The second-order valence-corrected chi connectivity index (χ2v) is 8.77. The minimum atomic E-state index is -0.617. The van der Waals surface area contributed by atoms with Gasteiger partial charge in [-0.2, -0.15) is 0 Å². The Morgan fingerprint density at radius 2 is 1.74 bits per heavy atom. The zero-order valence-corrected chi connectivity index (χ0v) is 18.8. The van der Waals surface area contributed by atoms with Crippen LogP contribution in [0.2, 0.25) is 0 Å². The summed E-state index contributed by atoms with van der Waals surface area (Å²) in [6.45, 7) is 10.2. The minimum Gasteiger partial charge on any atom is -0.508 e. The van der Waals surface area contributed by atoms with Crippen LogP contribution in [0.3, 0.4) is 0 Å². The number of hydrogen-bond donors (Lipinski definition) is 2. The molecule has 2 aromatic carbocycles. The highest BCUT2D eigenvalue weighted by atomic mass is 16.7. The Kier molecular flexibility index (Phi) is 6.77. The molecule has 0 saturated carbocycles. The van der Waals surface area contributed by atoms with Gasteiger partial charge in [0.2, 0.25) is 0 Å². The minimum absolute atomic E-state index is 0.194. The normalized spacial score (nSPS) is 17.5.